The molecular formula is C24H22F3N3O3. The Morgan fingerprint density at radius 3 is 2.27 bits per heavy atom. The van der Waals surface area contributed by atoms with Crippen molar-refractivity contribution in [3.8, 4) is 11.3 Å². The van der Waals surface area contributed by atoms with Crippen molar-refractivity contribution >= 4 is 17.6 Å². The maximum absolute atomic E-state index is 14.0. The summed E-state index contributed by atoms with van der Waals surface area (Å²) in [5, 5.41) is 2.72. The van der Waals surface area contributed by atoms with Crippen LogP contribution in [0, 0.1) is 17.5 Å². The molecule has 0 aliphatic carbocycles. The number of carbonyl (C=O) groups is 2. The third-order valence-electron chi connectivity index (χ3n) is 4.58. The molecule has 1 amide bonds. The Morgan fingerprint density at radius 2 is 1.67 bits per heavy atom. The van der Waals surface area contributed by atoms with Gasteiger partial charge in [0.25, 0.3) is 5.91 Å². The third-order valence-corrected chi connectivity index (χ3v) is 4.58. The van der Waals surface area contributed by atoms with Crippen molar-refractivity contribution in [3.63, 3.8) is 0 Å². The average Bonchev–Trinajstić information content (AvgIpc) is 2.75. The number of hydrogen-bond acceptors (Lipinski definition) is 5. The Balaban J connectivity index is 1.88. The maximum atomic E-state index is 14.0. The van der Waals surface area contributed by atoms with Crippen LogP contribution in [-0.2, 0) is 11.3 Å². The number of esters is 1. The molecule has 3 aromatic rings. The number of anilines is 1. The van der Waals surface area contributed by atoms with Crippen molar-refractivity contribution in [1.82, 2.24) is 4.98 Å². The Morgan fingerprint density at radius 1 is 1.03 bits per heavy atom. The second-order valence-corrected chi connectivity index (χ2v) is 8.23. The van der Waals surface area contributed by atoms with Gasteiger partial charge in [-0.05, 0) is 51.1 Å². The lowest BCUT2D eigenvalue weighted by Crippen LogP contribution is -2.23. The summed E-state index contributed by atoms with van der Waals surface area (Å²) in [7, 11) is 0. The van der Waals surface area contributed by atoms with Gasteiger partial charge in [-0.1, -0.05) is 12.1 Å². The van der Waals surface area contributed by atoms with Crippen LogP contribution in [0.4, 0.5) is 18.9 Å². The molecule has 0 saturated carbocycles. The van der Waals surface area contributed by atoms with E-state index >= 15 is 0 Å². The van der Waals surface area contributed by atoms with E-state index in [1.54, 1.807) is 45.0 Å². The van der Waals surface area contributed by atoms with Gasteiger partial charge < -0.3 is 15.8 Å². The highest BCUT2D eigenvalue weighted by Crippen LogP contribution is 2.26. The molecule has 3 N–H and O–H groups in total. The van der Waals surface area contributed by atoms with Crippen molar-refractivity contribution in [3.05, 3.63) is 82.8 Å². The maximum Gasteiger partial charge on any atom is 0.338 e. The molecule has 0 radical (unpaired) electrons. The van der Waals surface area contributed by atoms with Gasteiger partial charge in [0, 0.05) is 23.9 Å². The second-order valence-electron chi connectivity index (χ2n) is 8.23. The quantitative estimate of drug-likeness (QED) is 0.408. The van der Waals surface area contributed by atoms with E-state index in [4.69, 9.17) is 10.5 Å². The van der Waals surface area contributed by atoms with E-state index in [0.29, 0.717) is 22.9 Å². The van der Waals surface area contributed by atoms with E-state index in [1.807, 2.05) is 0 Å². The smallest absolute Gasteiger partial charge is 0.338 e. The van der Waals surface area contributed by atoms with Crippen LogP contribution < -0.4 is 11.1 Å². The molecule has 0 saturated heterocycles. The normalized spacial score (nSPS) is 11.2. The lowest BCUT2D eigenvalue weighted by atomic mass is 10.1. The van der Waals surface area contributed by atoms with Gasteiger partial charge in [-0.3, -0.25) is 9.78 Å². The van der Waals surface area contributed by atoms with Gasteiger partial charge in [0.15, 0.2) is 11.6 Å². The zero-order valence-corrected chi connectivity index (χ0v) is 18.2. The summed E-state index contributed by atoms with van der Waals surface area (Å²) in [5.74, 6) is -4.74. The number of hydrogen-bond donors (Lipinski definition) is 2. The van der Waals surface area contributed by atoms with Crippen LogP contribution in [0.15, 0.2) is 48.7 Å². The van der Waals surface area contributed by atoms with Crippen LogP contribution in [0.25, 0.3) is 11.3 Å². The molecule has 0 aliphatic heterocycles. The fourth-order valence-electron chi connectivity index (χ4n) is 2.98. The number of aromatic nitrogens is 1. The number of benzene rings is 2. The number of rotatable bonds is 6. The molecule has 3 rings (SSSR count). The van der Waals surface area contributed by atoms with Crippen molar-refractivity contribution in [2.75, 3.05) is 5.32 Å². The van der Waals surface area contributed by atoms with Gasteiger partial charge in [0.2, 0.25) is 0 Å². The second kappa shape index (κ2) is 9.32. The van der Waals surface area contributed by atoms with Gasteiger partial charge in [-0.25, -0.2) is 18.0 Å². The molecule has 33 heavy (non-hydrogen) atoms. The number of primary amides is 1. The standard InChI is InChI=1S/C24H22F3N3O3/c1-24(2,3)33-23(32)14-6-4-13(5-7-14)19-10-20(16(12-29-19)22(28)31)30-11-15-17(25)8-9-18(26)21(15)27/h4-10,12H,11H2,1-3H3,(H2,28,31)(H,29,30). The molecule has 0 aliphatic rings. The molecule has 172 valence electrons. The van der Waals surface area contributed by atoms with Gasteiger partial charge >= 0.3 is 5.97 Å². The summed E-state index contributed by atoms with van der Waals surface area (Å²) in [4.78, 5) is 28.2. The van der Waals surface area contributed by atoms with Crippen molar-refractivity contribution in [2.24, 2.45) is 5.73 Å². The molecule has 1 heterocycles. The first-order valence-electron chi connectivity index (χ1n) is 9.96. The summed E-state index contributed by atoms with van der Waals surface area (Å²) in [6.07, 6.45) is 1.22. The van der Waals surface area contributed by atoms with E-state index in [0.717, 1.165) is 6.07 Å². The van der Waals surface area contributed by atoms with Crippen LogP contribution in [0.1, 0.15) is 47.1 Å². The van der Waals surface area contributed by atoms with Crippen LogP contribution >= 0.6 is 0 Å². The Kier molecular flexibility index (Phi) is 6.71. The summed E-state index contributed by atoms with van der Waals surface area (Å²) >= 11 is 0. The summed E-state index contributed by atoms with van der Waals surface area (Å²) < 4.78 is 46.7. The molecular weight excluding hydrogens is 435 g/mol. The van der Waals surface area contributed by atoms with E-state index < -0.39 is 47.0 Å². The highest BCUT2D eigenvalue weighted by atomic mass is 19.2. The van der Waals surface area contributed by atoms with Gasteiger partial charge in [-0.2, -0.15) is 0 Å². The summed E-state index contributed by atoms with van der Waals surface area (Å²) in [5.41, 5.74) is 5.72. The zero-order chi connectivity index (χ0) is 24.3. The lowest BCUT2D eigenvalue weighted by Gasteiger charge is -2.19. The first-order valence-corrected chi connectivity index (χ1v) is 9.96. The number of halogens is 3. The zero-order valence-electron chi connectivity index (χ0n) is 18.2. The Labute approximate surface area is 188 Å². The monoisotopic (exact) mass is 457 g/mol. The van der Waals surface area contributed by atoms with E-state index in [1.165, 1.54) is 12.3 Å². The summed E-state index contributed by atoms with van der Waals surface area (Å²) in [6.45, 7) is 4.86. The third kappa shape index (κ3) is 5.68. The Bertz CT molecular complexity index is 1210. The van der Waals surface area contributed by atoms with Crippen molar-refractivity contribution < 1.29 is 27.5 Å². The molecule has 0 atom stereocenters. The number of pyridine rings is 1. The Hall–Kier alpha value is -3.88. The fourth-order valence-corrected chi connectivity index (χ4v) is 2.98. The number of nitrogens with zero attached hydrogens (tertiary/aromatic N) is 1. The highest BCUT2D eigenvalue weighted by molar-refractivity contribution is 5.98. The summed E-state index contributed by atoms with van der Waals surface area (Å²) in [6, 6.07) is 9.39. The highest BCUT2D eigenvalue weighted by Gasteiger charge is 2.19. The number of carbonyl (C=O) groups excluding carboxylic acids is 2. The molecule has 1 aromatic heterocycles. The molecule has 9 heteroatoms. The predicted octanol–water partition coefficient (Wildman–Crippen LogP) is 4.83. The number of ether oxygens (including phenoxy) is 1. The van der Waals surface area contributed by atoms with Gasteiger partial charge in [0.05, 0.1) is 22.5 Å². The molecule has 0 fully saturated rings. The largest absolute Gasteiger partial charge is 0.456 e. The lowest BCUT2D eigenvalue weighted by molar-refractivity contribution is 0.00694. The van der Waals surface area contributed by atoms with E-state index in [-0.39, 0.29) is 11.3 Å². The minimum atomic E-state index is -1.32. The van der Waals surface area contributed by atoms with Gasteiger partial charge in [-0.15, -0.1) is 0 Å². The predicted molar refractivity (Wildman–Crippen MR) is 117 cm³/mol. The first kappa shape index (κ1) is 23.8. The molecule has 2 aromatic carbocycles. The average molecular weight is 457 g/mol. The van der Waals surface area contributed by atoms with Crippen molar-refractivity contribution in [2.45, 2.75) is 32.9 Å². The fraction of sp³-hybridized carbons (Fsp3) is 0.208. The molecule has 0 bridgehead atoms. The number of amides is 1. The minimum Gasteiger partial charge on any atom is -0.456 e. The number of nitrogens with two attached hydrogens (primary N) is 1. The first-order chi connectivity index (χ1) is 15.5. The van der Waals surface area contributed by atoms with Crippen LogP contribution in [0.2, 0.25) is 0 Å². The van der Waals surface area contributed by atoms with Crippen LogP contribution in [0.3, 0.4) is 0 Å². The van der Waals surface area contributed by atoms with Crippen LogP contribution in [-0.4, -0.2) is 22.5 Å². The molecule has 0 spiro atoms. The van der Waals surface area contributed by atoms with E-state index in [9.17, 15) is 22.8 Å². The number of nitrogens with one attached hydrogen (secondary N) is 1. The van der Waals surface area contributed by atoms with Crippen LogP contribution in [0.5, 0.6) is 0 Å². The van der Waals surface area contributed by atoms with Crippen molar-refractivity contribution in [1.29, 1.82) is 0 Å². The SMILES string of the molecule is CC(C)(C)OC(=O)c1ccc(-c2cc(NCc3c(F)ccc(F)c3F)c(C(N)=O)cn2)cc1. The topological polar surface area (TPSA) is 94.3 Å². The minimum absolute atomic E-state index is 0.0126. The van der Waals surface area contributed by atoms with Gasteiger partial charge in [0.1, 0.15) is 11.4 Å². The molecule has 6 nitrogen and oxygen atoms in total. The molecule has 0 unspecified atom stereocenters. The van der Waals surface area contributed by atoms with E-state index in [2.05, 4.69) is 10.3 Å².